The highest BCUT2D eigenvalue weighted by Gasteiger charge is 2.46. The van der Waals surface area contributed by atoms with Gasteiger partial charge >= 0.3 is 5.97 Å². The monoisotopic (exact) mass is 391 g/mol. The van der Waals surface area contributed by atoms with Crippen LogP contribution < -0.4 is 0 Å². The highest BCUT2D eigenvalue weighted by molar-refractivity contribution is 7.99. The zero-order chi connectivity index (χ0) is 17.7. The lowest BCUT2D eigenvalue weighted by Crippen LogP contribution is -2.40. The summed E-state index contributed by atoms with van der Waals surface area (Å²) in [6.45, 7) is 0.744. The van der Waals surface area contributed by atoms with Crippen LogP contribution in [0.3, 0.4) is 0 Å². The summed E-state index contributed by atoms with van der Waals surface area (Å²) in [7, 11) is 1.47. The molecular formula is C16H19Cl2NO4S. The van der Waals surface area contributed by atoms with Crippen LogP contribution in [-0.2, 0) is 20.1 Å². The van der Waals surface area contributed by atoms with E-state index in [1.165, 1.54) is 18.9 Å². The third kappa shape index (κ3) is 4.57. The number of hydrogen-bond acceptors (Lipinski definition) is 4. The molecule has 1 amide bonds. The van der Waals surface area contributed by atoms with Crippen molar-refractivity contribution < 1.29 is 19.4 Å². The summed E-state index contributed by atoms with van der Waals surface area (Å²) in [6.07, 6.45) is 0.412. The van der Waals surface area contributed by atoms with E-state index < -0.39 is 11.4 Å². The summed E-state index contributed by atoms with van der Waals surface area (Å²) in [5.74, 6) is -0.108. The molecule has 1 unspecified atom stereocenters. The molecule has 0 aromatic heterocycles. The molecule has 1 heterocycles. The predicted molar refractivity (Wildman–Crippen MR) is 95.8 cm³/mol. The average molecular weight is 392 g/mol. The highest BCUT2D eigenvalue weighted by Crippen LogP contribution is 2.32. The van der Waals surface area contributed by atoms with Crippen molar-refractivity contribution in [2.45, 2.75) is 12.2 Å². The number of carboxylic acid groups (broad SMARTS) is 1. The number of ether oxygens (including phenoxy) is 1. The first kappa shape index (κ1) is 19.4. The maximum absolute atomic E-state index is 12.3. The Hall–Kier alpha value is -0.950. The van der Waals surface area contributed by atoms with E-state index in [4.69, 9.17) is 27.9 Å². The average Bonchev–Trinajstić information content (AvgIpc) is 2.95. The van der Waals surface area contributed by atoms with Gasteiger partial charge in [0.2, 0.25) is 5.91 Å². The number of nitrogens with zero attached hydrogens (tertiary/aromatic N) is 1. The van der Waals surface area contributed by atoms with E-state index >= 15 is 0 Å². The van der Waals surface area contributed by atoms with Crippen LogP contribution in [0.5, 0.6) is 0 Å². The lowest BCUT2D eigenvalue weighted by molar-refractivity contribution is -0.151. The van der Waals surface area contributed by atoms with Crippen LogP contribution in [0, 0.1) is 5.41 Å². The van der Waals surface area contributed by atoms with E-state index in [-0.39, 0.29) is 24.8 Å². The maximum atomic E-state index is 12.3. The Morgan fingerprint density at radius 2 is 2.17 bits per heavy atom. The molecule has 2 rings (SSSR count). The third-order valence-electron chi connectivity index (χ3n) is 4.08. The summed E-state index contributed by atoms with van der Waals surface area (Å²) in [6, 6.07) is 5.27. The van der Waals surface area contributed by atoms with E-state index in [0.717, 1.165) is 5.56 Å². The zero-order valence-corrected chi connectivity index (χ0v) is 15.6. The van der Waals surface area contributed by atoms with Crippen LogP contribution in [-0.4, -0.2) is 54.4 Å². The number of thioether (sulfide) groups is 1. The van der Waals surface area contributed by atoms with E-state index in [2.05, 4.69) is 0 Å². The molecule has 1 saturated heterocycles. The second-order valence-electron chi connectivity index (χ2n) is 5.81. The number of hydrogen-bond donors (Lipinski definition) is 1. The number of carboxylic acids is 1. The SMILES string of the molecule is COCC1(C(=O)O)CCN(C(=O)CSCc2ccc(Cl)cc2Cl)C1. The topological polar surface area (TPSA) is 66.8 Å². The van der Waals surface area contributed by atoms with Crippen molar-refractivity contribution in [3.8, 4) is 0 Å². The van der Waals surface area contributed by atoms with E-state index in [1.807, 2.05) is 6.07 Å². The van der Waals surface area contributed by atoms with Crippen LogP contribution in [0.25, 0.3) is 0 Å². The van der Waals surface area contributed by atoms with Gasteiger partial charge in [-0.15, -0.1) is 11.8 Å². The second kappa shape index (κ2) is 8.43. The van der Waals surface area contributed by atoms with Crippen LogP contribution in [0.2, 0.25) is 10.0 Å². The largest absolute Gasteiger partial charge is 0.481 e. The zero-order valence-electron chi connectivity index (χ0n) is 13.3. The minimum atomic E-state index is -0.992. The Kier molecular flexibility index (Phi) is 6.80. The van der Waals surface area contributed by atoms with Crippen molar-refractivity contribution in [3.63, 3.8) is 0 Å². The molecule has 132 valence electrons. The molecule has 0 aliphatic carbocycles. The molecule has 1 aliphatic rings. The molecule has 1 aromatic rings. The van der Waals surface area contributed by atoms with Gasteiger partial charge in [0.15, 0.2) is 0 Å². The lowest BCUT2D eigenvalue weighted by atomic mass is 9.88. The molecule has 8 heteroatoms. The van der Waals surface area contributed by atoms with Gasteiger partial charge in [-0.2, -0.15) is 0 Å². The van der Waals surface area contributed by atoms with Gasteiger partial charge in [0, 0.05) is 36.0 Å². The fourth-order valence-corrected chi connectivity index (χ4v) is 4.18. The van der Waals surface area contributed by atoms with E-state index in [1.54, 1.807) is 17.0 Å². The lowest BCUT2D eigenvalue weighted by Gasteiger charge is -2.23. The van der Waals surface area contributed by atoms with Gasteiger partial charge in [-0.1, -0.05) is 29.3 Å². The third-order valence-corrected chi connectivity index (χ3v) is 5.63. The van der Waals surface area contributed by atoms with Gasteiger partial charge in [-0.25, -0.2) is 0 Å². The van der Waals surface area contributed by atoms with Gasteiger partial charge < -0.3 is 14.7 Å². The number of carbonyl (C=O) groups is 2. The first-order chi connectivity index (χ1) is 11.4. The molecule has 5 nitrogen and oxygen atoms in total. The standard InChI is InChI=1S/C16H19Cl2NO4S/c1-23-10-16(15(21)22)4-5-19(9-16)14(20)8-24-7-11-2-3-12(17)6-13(11)18/h2-3,6H,4-5,7-10H2,1H3,(H,21,22). The fourth-order valence-electron chi connectivity index (χ4n) is 2.69. The van der Waals surface area contributed by atoms with Crippen molar-refractivity contribution in [2.24, 2.45) is 5.41 Å². The number of aliphatic carboxylic acids is 1. The van der Waals surface area contributed by atoms with Crippen molar-refractivity contribution in [2.75, 3.05) is 32.6 Å². The quantitative estimate of drug-likeness (QED) is 0.772. The van der Waals surface area contributed by atoms with Crippen molar-refractivity contribution in [1.29, 1.82) is 0 Å². The number of carbonyl (C=O) groups excluding carboxylic acids is 1. The Morgan fingerprint density at radius 1 is 1.42 bits per heavy atom. The minimum absolute atomic E-state index is 0.0654. The molecule has 1 aromatic carbocycles. The molecule has 1 aliphatic heterocycles. The molecule has 24 heavy (non-hydrogen) atoms. The van der Waals surface area contributed by atoms with Crippen molar-refractivity contribution >= 4 is 46.8 Å². The maximum Gasteiger partial charge on any atom is 0.313 e. The molecule has 1 atom stereocenters. The van der Waals surface area contributed by atoms with Crippen LogP contribution in [0.15, 0.2) is 18.2 Å². The van der Waals surface area contributed by atoms with Gasteiger partial charge in [0.25, 0.3) is 0 Å². The summed E-state index contributed by atoms with van der Waals surface area (Å²) in [4.78, 5) is 25.4. The number of likely N-dealkylation sites (tertiary alicyclic amines) is 1. The minimum Gasteiger partial charge on any atom is -0.481 e. The Labute approximate surface area is 155 Å². The van der Waals surface area contributed by atoms with Crippen LogP contribution in [0.4, 0.5) is 0 Å². The normalized spacial score (nSPS) is 20.4. The summed E-state index contributed by atoms with van der Waals surface area (Å²) in [5, 5.41) is 10.6. The van der Waals surface area contributed by atoms with E-state index in [9.17, 15) is 14.7 Å². The number of amides is 1. The van der Waals surface area contributed by atoms with Gasteiger partial charge in [-0.05, 0) is 24.1 Å². The van der Waals surface area contributed by atoms with Gasteiger partial charge in [0.1, 0.15) is 5.41 Å². The summed E-state index contributed by atoms with van der Waals surface area (Å²) in [5.41, 5.74) is -0.0752. The first-order valence-electron chi connectivity index (χ1n) is 7.40. The number of rotatable bonds is 7. The first-order valence-corrected chi connectivity index (χ1v) is 9.31. The Morgan fingerprint density at radius 3 is 2.79 bits per heavy atom. The number of halogens is 2. The molecule has 0 spiro atoms. The number of benzene rings is 1. The molecular weight excluding hydrogens is 373 g/mol. The summed E-state index contributed by atoms with van der Waals surface area (Å²) >= 11 is 13.4. The van der Waals surface area contributed by atoms with Crippen LogP contribution >= 0.6 is 35.0 Å². The van der Waals surface area contributed by atoms with Crippen molar-refractivity contribution in [1.82, 2.24) is 4.90 Å². The van der Waals surface area contributed by atoms with E-state index in [0.29, 0.717) is 28.8 Å². The fraction of sp³-hybridized carbons (Fsp3) is 0.500. The van der Waals surface area contributed by atoms with Gasteiger partial charge in [-0.3, -0.25) is 9.59 Å². The second-order valence-corrected chi connectivity index (χ2v) is 7.64. The van der Waals surface area contributed by atoms with Crippen LogP contribution in [0.1, 0.15) is 12.0 Å². The molecule has 1 fully saturated rings. The Bertz CT molecular complexity index is 628. The molecule has 1 N–H and O–H groups in total. The molecule has 0 radical (unpaired) electrons. The molecule has 0 saturated carbocycles. The predicted octanol–water partition coefficient (Wildman–Crippen LogP) is 3.18. The highest BCUT2D eigenvalue weighted by atomic mass is 35.5. The van der Waals surface area contributed by atoms with Crippen molar-refractivity contribution in [3.05, 3.63) is 33.8 Å². The van der Waals surface area contributed by atoms with Gasteiger partial charge in [0.05, 0.1) is 12.4 Å². The smallest absolute Gasteiger partial charge is 0.313 e. The molecule has 0 bridgehead atoms. The Balaban J connectivity index is 1.86. The number of methoxy groups -OCH3 is 1. The summed E-state index contributed by atoms with van der Waals surface area (Å²) < 4.78 is 5.03.